The summed E-state index contributed by atoms with van der Waals surface area (Å²) in [6.07, 6.45) is 3.44. The van der Waals surface area contributed by atoms with Crippen LogP contribution < -0.4 is 4.74 Å². The molecule has 1 aliphatic heterocycles. The van der Waals surface area contributed by atoms with Crippen molar-refractivity contribution in [3.63, 3.8) is 0 Å². The van der Waals surface area contributed by atoms with Gasteiger partial charge in [0.05, 0.1) is 12.2 Å². The molecule has 1 amide bonds. The second-order valence-corrected chi connectivity index (χ2v) is 6.00. The first-order chi connectivity index (χ1) is 12.0. The van der Waals surface area contributed by atoms with Gasteiger partial charge in [0.2, 0.25) is 0 Å². The number of aromatic nitrogens is 4. The molecule has 2 aromatic heterocycles. The molecular formula is C16H19F2N5O2. The molecule has 2 aromatic rings. The number of carbonyl (C=O) groups is 1. The largest absolute Gasteiger partial charge is 0.463 e. The first-order valence-electron chi connectivity index (χ1n) is 8.05. The average molecular weight is 351 g/mol. The number of aryl methyl sites for hydroxylation is 1. The van der Waals surface area contributed by atoms with E-state index in [2.05, 4.69) is 15.1 Å². The zero-order chi connectivity index (χ0) is 17.8. The van der Waals surface area contributed by atoms with E-state index in [1.807, 2.05) is 0 Å². The Labute approximate surface area is 143 Å². The Kier molecular flexibility index (Phi) is 5.20. The van der Waals surface area contributed by atoms with Gasteiger partial charge in [0.1, 0.15) is 5.69 Å². The molecule has 0 spiro atoms. The maximum Gasteiger partial charge on any atom is 0.316 e. The monoisotopic (exact) mass is 351 g/mol. The summed E-state index contributed by atoms with van der Waals surface area (Å²) in [6, 6.07) is 1.99. The van der Waals surface area contributed by atoms with E-state index in [9.17, 15) is 13.6 Å². The Hall–Kier alpha value is -2.58. The van der Waals surface area contributed by atoms with Crippen LogP contribution >= 0.6 is 0 Å². The Morgan fingerprint density at radius 1 is 1.40 bits per heavy atom. The summed E-state index contributed by atoms with van der Waals surface area (Å²) in [6.45, 7) is 1.36. The van der Waals surface area contributed by atoms with Gasteiger partial charge in [-0.25, -0.2) is 18.7 Å². The third-order valence-corrected chi connectivity index (χ3v) is 4.09. The Morgan fingerprint density at radius 2 is 2.16 bits per heavy atom. The van der Waals surface area contributed by atoms with Crippen LogP contribution in [0.3, 0.4) is 0 Å². The van der Waals surface area contributed by atoms with Crippen LogP contribution in [0.2, 0.25) is 0 Å². The third-order valence-electron chi connectivity index (χ3n) is 4.09. The second kappa shape index (κ2) is 7.54. The highest BCUT2D eigenvalue weighted by molar-refractivity contribution is 5.95. The number of hydrogen-bond donors (Lipinski definition) is 0. The van der Waals surface area contributed by atoms with Gasteiger partial charge in [0, 0.05) is 44.6 Å². The summed E-state index contributed by atoms with van der Waals surface area (Å²) < 4.78 is 32.9. The van der Waals surface area contributed by atoms with Crippen LogP contribution in [-0.4, -0.2) is 50.3 Å². The van der Waals surface area contributed by atoms with Crippen molar-refractivity contribution in [2.75, 3.05) is 19.7 Å². The van der Waals surface area contributed by atoms with Crippen molar-refractivity contribution in [1.82, 2.24) is 24.6 Å². The topological polar surface area (TPSA) is 73.1 Å². The fourth-order valence-electron chi connectivity index (χ4n) is 2.94. The van der Waals surface area contributed by atoms with Gasteiger partial charge in [-0.2, -0.15) is 5.10 Å². The molecular weight excluding hydrogens is 332 g/mol. The molecule has 0 N–H and O–H groups in total. The highest BCUT2D eigenvalue weighted by Gasteiger charge is 2.30. The zero-order valence-electron chi connectivity index (χ0n) is 13.8. The molecule has 9 heteroatoms. The Morgan fingerprint density at radius 3 is 2.88 bits per heavy atom. The third kappa shape index (κ3) is 4.09. The van der Waals surface area contributed by atoms with Gasteiger partial charge in [-0.05, 0) is 18.9 Å². The number of rotatable bonds is 5. The molecule has 1 atom stereocenters. The zero-order valence-corrected chi connectivity index (χ0v) is 13.8. The smallest absolute Gasteiger partial charge is 0.316 e. The maximum atomic E-state index is 13.1. The van der Waals surface area contributed by atoms with Crippen LogP contribution in [0.1, 0.15) is 35.3 Å². The van der Waals surface area contributed by atoms with Gasteiger partial charge in [-0.3, -0.25) is 9.48 Å². The summed E-state index contributed by atoms with van der Waals surface area (Å²) in [5, 5.41) is 3.70. The number of likely N-dealkylation sites (tertiary alicyclic amines) is 1. The number of carbonyl (C=O) groups excluding carboxylic acids is 1. The van der Waals surface area contributed by atoms with Crippen molar-refractivity contribution in [2.24, 2.45) is 13.0 Å². The van der Waals surface area contributed by atoms with Crippen LogP contribution in [-0.2, 0) is 7.05 Å². The summed E-state index contributed by atoms with van der Waals surface area (Å²) in [5.74, 6) is -0.308. The van der Waals surface area contributed by atoms with Crippen LogP contribution in [0.4, 0.5) is 8.78 Å². The van der Waals surface area contributed by atoms with Crippen LogP contribution in [0.25, 0.3) is 0 Å². The summed E-state index contributed by atoms with van der Waals surface area (Å²) >= 11 is 0. The van der Waals surface area contributed by atoms with Crippen molar-refractivity contribution in [3.05, 3.63) is 35.9 Å². The van der Waals surface area contributed by atoms with Gasteiger partial charge in [-0.15, -0.1) is 0 Å². The summed E-state index contributed by atoms with van der Waals surface area (Å²) in [4.78, 5) is 22.2. The molecule has 1 saturated heterocycles. The number of amides is 1. The SMILES string of the molecule is Cn1cc(C(=O)N2CCCC(COc3ncccn3)C2)c(C(F)F)n1. The van der Waals surface area contributed by atoms with E-state index in [1.165, 1.54) is 17.9 Å². The number of ether oxygens (including phenoxy) is 1. The van der Waals surface area contributed by atoms with Crippen molar-refractivity contribution in [3.8, 4) is 6.01 Å². The molecule has 1 fully saturated rings. The van der Waals surface area contributed by atoms with Gasteiger partial charge >= 0.3 is 6.01 Å². The minimum atomic E-state index is -2.78. The molecule has 3 rings (SSSR count). The van der Waals surface area contributed by atoms with Gasteiger partial charge in [0.15, 0.2) is 0 Å². The average Bonchev–Trinajstić information content (AvgIpc) is 3.02. The summed E-state index contributed by atoms with van der Waals surface area (Å²) in [7, 11) is 1.52. The molecule has 7 nitrogen and oxygen atoms in total. The first kappa shape index (κ1) is 17.2. The lowest BCUT2D eigenvalue weighted by molar-refractivity contribution is 0.0618. The van der Waals surface area contributed by atoms with E-state index in [1.54, 1.807) is 23.4 Å². The molecule has 0 radical (unpaired) electrons. The first-order valence-corrected chi connectivity index (χ1v) is 8.05. The minimum Gasteiger partial charge on any atom is -0.463 e. The molecule has 0 aliphatic carbocycles. The molecule has 0 aromatic carbocycles. The lowest BCUT2D eigenvalue weighted by Crippen LogP contribution is -2.41. The molecule has 3 heterocycles. The number of halogens is 2. The highest BCUT2D eigenvalue weighted by Crippen LogP contribution is 2.25. The molecule has 0 bridgehead atoms. The number of hydrogen-bond acceptors (Lipinski definition) is 5. The second-order valence-electron chi connectivity index (χ2n) is 6.00. The standard InChI is InChI=1S/C16H19F2N5O2/c1-22-9-12(13(21-22)14(17)18)15(24)23-7-2-4-11(8-23)10-25-16-19-5-3-6-20-16/h3,5-6,9,11,14H,2,4,7-8,10H2,1H3. The predicted molar refractivity (Wildman–Crippen MR) is 84.3 cm³/mol. The normalized spacial score (nSPS) is 17.8. The lowest BCUT2D eigenvalue weighted by atomic mass is 9.98. The summed E-state index contributed by atoms with van der Waals surface area (Å²) in [5.41, 5.74) is -0.506. The van der Waals surface area contributed by atoms with E-state index in [0.717, 1.165) is 12.8 Å². The number of piperidine rings is 1. The van der Waals surface area contributed by atoms with Gasteiger partial charge in [-0.1, -0.05) is 0 Å². The number of nitrogens with zero attached hydrogens (tertiary/aromatic N) is 5. The van der Waals surface area contributed by atoms with Crippen molar-refractivity contribution < 1.29 is 18.3 Å². The van der Waals surface area contributed by atoms with Crippen LogP contribution in [0.5, 0.6) is 6.01 Å². The van der Waals surface area contributed by atoms with Crippen molar-refractivity contribution in [1.29, 1.82) is 0 Å². The molecule has 0 saturated carbocycles. The molecule has 25 heavy (non-hydrogen) atoms. The van der Waals surface area contributed by atoms with E-state index in [-0.39, 0.29) is 17.5 Å². The molecule has 134 valence electrons. The highest BCUT2D eigenvalue weighted by atomic mass is 19.3. The van der Waals surface area contributed by atoms with E-state index in [0.29, 0.717) is 19.7 Å². The fourth-order valence-corrected chi connectivity index (χ4v) is 2.94. The fraction of sp³-hybridized carbons (Fsp3) is 0.500. The van der Waals surface area contributed by atoms with Crippen LogP contribution in [0.15, 0.2) is 24.7 Å². The maximum absolute atomic E-state index is 13.1. The van der Waals surface area contributed by atoms with E-state index >= 15 is 0 Å². The Balaban J connectivity index is 1.64. The minimum absolute atomic E-state index is 0.0366. The quantitative estimate of drug-likeness (QED) is 0.825. The molecule has 1 aliphatic rings. The predicted octanol–water partition coefficient (Wildman–Crippen LogP) is 2.08. The van der Waals surface area contributed by atoms with Gasteiger partial charge < -0.3 is 9.64 Å². The van der Waals surface area contributed by atoms with Crippen molar-refractivity contribution >= 4 is 5.91 Å². The number of alkyl halides is 2. The van der Waals surface area contributed by atoms with Crippen molar-refractivity contribution in [2.45, 2.75) is 19.3 Å². The van der Waals surface area contributed by atoms with E-state index < -0.39 is 18.0 Å². The lowest BCUT2D eigenvalue weighted by Gasteiger charge is -2.32. The van der Waals surface area contributed by atoms with Gasteiger partial charge in [0.25, 0.3) is 12.3 Å². The van der Waals surface area contributed by atoms with E-state index in [4.69, 9.17) is 4.74 Å². The Bertz CT molecular complexity index is 723. The molecule has 1 unspecified atom stereocenters. The van der Waals surface area contributed by atoms with Crippen LogP contribution in [0, 0.1) is 5.92 Å².